The van der Waals surface area contributed by atoms with Gasteiger partial charge in [0.05, 0.1) is 0 Å². The van der Waals surface area contributed by atoms with E-state index in [1.807, 2.05) is 11.9 Å². The van der Waals surface area contributed by atoms with Crippen molar-refractivity contribution in [3.8, 4) is 0 Å². The van der Waals surface area contributed by atoms with Crippen LogP contribution < -0.4 is 15.5 Å². The van der Waals surface area contributed by atoms with Crippen LogP contribution in [-0.2, 0) is 4.79 Å². The molecule has 128 valence electrons. The van der Waals surface area contributed by atoms with Gasteiger partial charge in [-0.25, -0.2) is 0 Å². The molecule has 3 rings (SSSR count). The van der Waals surface area contributed by atoms with E-state index in [0.29, 0.717) is 12.3 Å². The summed E-state index contributed by atoms with van der Waals surface area (Å²) in [5.41, 5.74) is 1.17. The number of nitrogens with zero attached hydrogens (tertiary/aromatic N) is 3. The summed E-state index contributed by atoms with van der Waals surface area (Å²) in [6.07, 6.45) is 2.77. The van der Waals surface area contributed by atoms with Crippen molar-refractivity contribution < 1.29 is 4.79 Å². The number of carbonyl (C=O) groups excluding carboxylic acids is 1. The Kier molecular flexibility index (Phi) is 5.51. The minimum Gasteiger partial charge on any atom is -0.353 e. The molecule has 7 nitrogen and oxygen atoms in total. The minimum absolute atomic E-state index is 0.255. The molecule has 0 spiro atoms. The van der Waals surface area contributed by atoms with Gasteiger partial charge in [0.25, 0.3) is 0 Å². The highest BCUT2D eigenvalue weighted by Crippen LogP contribution is 2.28. The fraction of sp³-hybridized carbons (Fsp3) is 0.750. The Balaban J connectivity index is 1.60. The number of nitrogens with one attached hydrogen (secondary N) is 3. The highest BCUT2D eigenvalue weighted by molar-refractivity contribution is 5.76. The molecule has 1 aromatic heterocycles. The van der Waals surface area contributed by atoms with E-state index in [9.17, 15) is 4.79 Å². The summed E-state index contributed by atoms with van der Waals surface area (Å²) in [7, 11) is 1.88. The predicted octanol–water partition coefficient (Wildman–Crippen LogP) is 0.135. The molecular formula is C16H28N6O. The lowest BCUT2D eigenvalue weighted by molar-refractivity contribution is -0.132. The number of aromatic amines is 1. The van der Waals surface area contributed by atoms with Gasteiger partial charge in [-0.3, -0.25) is 9.89 Å². The van der Waals surface area contributed by atoms with E-state index in [2.05, 4.69) is 31.8 Å². The molecule has 2 fully saturated rings. The molecule has 7 heteroatoms. The van der Waals surface area contributed by atoms with Gasteiger partial charge in [-0.2, -0.15) is 5.10 Å². The summed E-state index contributed by atoms with van der Waals surface area (Å²) >= 11 is 0. The van der Waals surface area contributed by atoms with Crippen molar-refractivity contribution in [2.24, 2.45) is 0 Å². The van der Waals surface area contributed by atoms with E-state index in [-0.39, 0.29) is 5.91 Å². The van der Waals surface area contributed by atoms with Crippen molar-refractivity contribution in [1.82, 2.24) is 25.7 Å². The summed E-state index contributed by atoms with van der Waals surface area (Å²) in [6.45, 7) is 6.48. The summed E-state index contributed by atoms with van der Waals surface area (Å²) in [5.74, 6) is 1.68. The third-order valence-electron chi connectivity index (χ3n) is 4.83. The van der Waals surface area contributed by atoms with E-state index in [4.69, 9.17) is 0 Å². The third-order valence-corrected chi connectivity index (χ3v) is 4.83. The Morgan fingerprint density at radius 1 is 1.39 bits per heavy atom. The molecule has 3 N–H and O–H groups in total. The molecule has 2 aliphatic heterocycles. The second-order valence-electron chi connectivity index (χ2n) is 6.45. The van der Waals surface area contributed by atoms with Crippen LogP contribution in [0.25, 0.3) is 0 Å². The van der Waals surface area contributed by atoms with Crippen molar-refractivity contribution >= 4 is 11.7 Å². The molecule has 23 heavy (non-hydrogen) atoms. The first-order valence-electron chi connectivity index (χ1n) is 8.71. The van der Waals surface area contributed by atoms with Crippen molar-refractivity contribution in [2.45, 2.75) is 25.2 Å². The molecule has 0 aliphatic carbocycles. The predicted molar refractivity (Wildman–Crippen MR) is 90.8 cm³/mol. The lowest BCUT2D eigenvalue weighted by atomic mass is 9.94. The number of piperidine rings is 1. The van der Waals surface area contributed by atoms with Gasteiger partial charge in [-0.05, 0) is 19.9 Å². The smallest absolute Gasteiger partial charge is 0.223 e. The van der Waals surface area contributed by atoms with Gasteiger partial charge in [0.1, 0.15) is 0 Å². The number of likely N-dealkylation sites (tertiary alicyclic amines) is 1. The van der Waals surface area contributed by atoms with Crippen molar-refractivity contribution in [2.75, 3.05) is 57.8 Å². The quantitative estimate of drug-likeness (QED) is 0.719. The summed E-state index contributed by atoms with van der Waals surface area (Å²) in [6, 6.07) is 2.18. The molecule has 0 bridgehead atoms. The summed E-state index contributed by atoms with van der Waals surface area (Å²) in [4.78, 5) is 16.6. The van der Waals surface area contributed by atoms with Crippen LogP contribution in [0.1, 0.15) is 30.9 Å². The molecule has 2 saturated heterocycles. The Hall–Kier alpha value is -1.60. The van der Waals surface area contributed by atoms with Gasteiger partial charge >= 0.3 is 0 Å². The number of hydrogen-bond donors (Lipinski definition) is 3. The number of rotatable bonds is 5. The lowest BCUT2D eigenvalue weighted by Crippen LogP contribution is -2.43. The van der Waals surface area contributed by atoms with Crippen LogP contribution in [0, 0.1) is 0 Å². The summed E-state index contributed by atoms with van der Waals surface area (Å²) < 4.78 is 0. The van der Waals surface area contributed by atoms with Crippen LogP contribution in [0.5, 0.6) is 0 Å². The second-order valence-corrected chi connectivity index (χ2v) is 6.45. The van der Waals surface area contributed by atoms with Gasteiger partial charge in [-0.1, -0.05) is 0 Å². The number of piperazine rings is 1. The van der Waals surface area contributed by atoms with Gasteiger partial charge in [0.15, 0.2) is 5.82 Å². The van der Waals surface area contributed by atoms with Crippen LogP contribution in [0.15, 0.2) is 6.07 Å². The van der Waals surface area contributed by atoms with Crippen LogP contribution in [0.4, 0.5) is 5.82 Å². The van der Waals surface area contributed by atoms with Gasteiger partial charge in [-0.15, -0.1) is 0 Å². The maximum absolute atomic E-state index is 12.2. The molecule has 1 amide bonds. The minimum atomic E-state index is 0.255. The van der Waals surface area contributed by atoms with Gasteiger partial charge < -0.3 is 20.4 Å². The van der Waals surface area contributed by atoms with E-state index in [1.54, 1.807) is 0 Å². The Morgan fingerprint density at radius 2 is 2.22 bits per heavy atom. The Labute approximate surface area is 137 Å². The van der Waals surface area contributed by atoms with Crippen molar-refractivity contribution in [3.05, 3.63) is 11.8 Å². The molecule has 0 radical (unpaired) electrons. The molecule has 0 saturated carbocycles. The van der Waals surface area contributed by atoms with E-state index in [0.717, 1.165) is 64.5 Å². The molecular weight excluding hydrogens is 292 g/mol. The zero-order valence-electron chi connectivity index (χ0n) is 14.0. The zero-order chi connectivity index (χ0) is 16.1. The van der Waals surface area contributed by atoms with Crippen LogP contribution in [0.2, 0.25) is 0 Å². The fourth-order valence-electron chi connectivity index (χ4n) is 3.44. The molecule has 1 unspecified atom stereocenters. The second kappa shape index (κ2) is 7.79. The average molecular weight is 320 g/mol. The molecule has 1 atom stereocenters. The first-order valence-corrected chi connectivity index (χ1v) is 8.71. The number of aromatic nitrogens is 2. The van der Waals surface area contributed by atoms with E-state index < -0.39 is 0 Å². The SMILES string of the molecule is CNCCC(=O)N1CCCC(c2cc(N3CCNCC3)n[nH]2)C1. The number of anilines is 1. The number of hydrogen-bond acceptors (Lipinski definition) is 5. The maximum Gasteiger partial charge on any atom is 0.223 e. The largest absolute Gasteiger partial charge is 0.353 e. The highest BCUT2D eigenvalue weighted by Gasteiger charge is 2.26. The standard InChI is InChI=1S/C16H28N6O/c1-17-5-4-16(23)22-8-2-3-13(12-22)14-11-15(20-19-14)21-9-6-18-7-10-21/h11,13,17-18H,2-10,12H2,1H3,(H,19,20). The van der Waals surface area contributed by atoms with Crippen molar-refractivity contribution in [1.29, 1.82) is 0 Å². The van der Waals surface area contributed by atoms with E-state index in [1.165, 1.54) is 5.69 Å². The number of carbonyl (C=O) groups is 1. The summed E-state index contributed by atoms with van der Waals surface area (Å²) in [5, 5.41) is 14.1. The topological polar surface area (TPSA) is 76.3 Å². The monoisotopic (exact) mass is 320 g/mol. The third kappa shape index (κ3) is 4.03. The fourth-order valence-corrected chi connectivity index (χ4v) is 3.44. The lowest BCUT2D eigenvalue weighted by Gasteiger charge is -2.32. The first kappa shape index (κ1) is 16.3. The highest BCUT2D eigenvalue weighted by atomic mass is 16.2. The van der Waals surface area contributed by atoms with Gasteiger partial charge in [0, 0.05) is 69.9 Å². The zero-order valence-corrected chi connectivity index (χ0v) is 14.0. The molecule has 0 aromatic carbocycles. The molecule has 3 heterocycles. The maximum atomic E-state index is 12.2. The van der Waals surface area contributed by atoms with E-state index >= 15 is 0 Å². The van der Waals surface area contributed by atoms with Crippen LogP contribution in [-0.4, -0.2) is 73.9 Å². The molecule has 1 aromatic rings. The van der Waals surface area contributed by atoms with Crippen molar-refractivity contribution in [3.63, 3.8) is 0 Å². The van der Waals surface area contributed by atoms with Gasteiger partial charge in [0.2, 0.25) is 5.91 Å². The normalized spacial score (nSPS) is 22.4. The molecule has 2 aliphatic rings. The van der Waals surface area contributed by atoms with Crippen LogP contribution in [0.3, 0.4) is 0 Å². The van der Waals surface area contributed by atoms with Crippen LogP contribution >= 0.6 is 0 Å². The Morgan fingerprint density at radius 3 is 3.00 bits per heavy atom. The number of H-pyrrole nitrogens is 1. The average Bonchev–Trinajstić information content (AvgIpc) is 3.11. The Bertz CT molecular complexity index is 510. The number of amides is 1. The first-order chi connectivity index (χ1) is 11.3.